The van der Waals surface area contributed by atoms with Crippen LogP contribution in [0.1, 0.15) is 5.56 Å². The number of para-hydroxylation sites is 1. The number of halogens is 2. The Hall–Kier alpha value is -1.62. The average Bonchev–Trinajstić information content (AvgIpc) is 2.84. The SMILES string of the molecule is O=C(Cc1ccc(Cl)cc1Cl)Nc1nc2ccccc2s1. The molecule has 0 radical (unpaired) electrons. The molecule has 0 aliphatic carbocycles. The number of hydrogen-bond acceptors (Lipinski definition) is 3. The minimum atomic E-state index is -0.154. The van der Waals surface area contributed by atoms with Gasteiger partial charge in [0.1, 0.15) is 0 Å². The molecule has 2 aromatic carbocycles. The predicted octanol–water partition coefficient (Wildman–Crippen LogP) is 4.78. The number of anilines is 1. The first-order chi connectivity index (χ1) is 10.1. The molecule has 1 amide bonds. The monoisotopic (exact) mass is 336 g/mol. The number of amides is 1. The lowest BCUT2D eigenvalue weighted by Crippen LogP contribution is -2.14. The Labute approximate surface area is 135 Å². The fourth-order valence-electron chi connectivity index (χ4n) is 1.93. The van der Waals surface area contributed by atoms with Crippen molar-refractivity contribution >= 4 is 55.8 Å². The second-order valence-corrected chi connectivity index (χ2v) is 6.32. The van der Waals surface area contributed by atoms with E-state index in [0.717, 1.165) is 15.8 Å². The molecule has 6 heteroatoms. The van der Waals surface area contributed by atoms with Gasteiger partial charge in [0.25, 0.3) is 0 Å². The van der Waals surface area contributed by atoms with Gasteiger partial charge in [-0.25, -0.2) is 4.98 Å². The van der Waals surface area contributed by atoms with Crippen molar-refractivity contribution in [2.75, 3.05) is 5.32 Å². The zero-order valence-electron chi connectivity index (χ0n) is 10.8. The maximum absolute atomic E-state index is 12.1. The van der Waals surface area contributed by atoms with Crippen molar-refractivity contribution < 1.29 is 4.79 Å². The van der Waals surface area contributed by atoms with E-state index in [1.54, 1.807) is 18.2 Å². The molecule has 21 heavy (non-hydrogen) atoms. The first kappa shape index (κ1) is 14.3. The summed E-state index contributed by atoms with van der Waals surface area (Å²) in [6.45, 7) is 0. The lowest BCUT2D eigenvalue weighted by atomic mass is 10.1. The number of carbonyl (C=O) groups is 1. The lowest BCUT2D eigenvalue weighted by molar-refractivity contribution is -0.115. The van der Waals surface area contributed by atoms with Crippen molar-refractivity contribution in [3.63, 3.8) is 0 Å². The molecule has 1 N–H and O–H groups in total. The number of nitrogens with zero attached hydrogens (tertiary/aromatic N) is 1. The summed E-state index contributed by atoms with van der Waals surface area (Å²) in [4.78, 5) is 16.4. The van der Waals surface area contributed by atoms with Gasteiger partial charge in [-0.15, -0.1) is 0 Å². The van der Waals surface area contributed by atoms with Crippen molar-refractivity contribution in [3.05, 3.63) is 58.1 Å². The summed E-state index contributed by atoms with van der Waals surface area (Å²) < 4.78 is 1.04. The highest BCUT2D eigenvalue weighted by Crippen LogP contribution is 2.26. The van der Waals surface area contributed by atoms with Crippen molar-refractivity contribution in [1.29, 1.82) is 0 Å². The highest BCUT2D eigenvalue weighted by molar-refractivity contribution is 7.22. The van der Waals surface area contributed by atoms with Gasteiger partial charge in [-0.2, -0.15) is 0 Å². The zero-order valence-corrected chi connectivity index (χ0v) is 13.1. The Morgan fingerprint density at radius 3 is 2.76 bits per heavy atom. The molecule has 0 fully saturated rings. The summed E-state index contributed by atoms with van der Waals surface area (Å²) in [5.41, 5.74) is 1.61. The van der Waals surface area contributed by atoms with Crippen LogP contribution in [0.2, 0.25) is 10.0 Å². The number of aromatic nitrogens is 1. The molecule has 0 saturated carbocycles. The molecule has 3 aromatic rings. The maximum Gasteiger partial charge on any atom is 0.230 e. The van der Waals surface area contributed by atoms with E-state index < -0.39 is 0 Å². The highest BCUT2D eigenvalue weighted by atomic mass is 35.5. The number of benzene rings is 2. The van der Waals surface area contributed by atoms with E-state index >= 15 is 0 Å². The molecule has 0 bridgehead atoms. The molecule has 0 unspecified atom stereocenters. The van der Waals surface area contributed by atoms with Gasteiger partial charge in [0.05, 0.1) is 16.6 Å². The van der Waals surface area contributed by atoms with Gasteiger partial charge < -0.3 is 5.32 Å². The summed E-state index contributed by atoms with van der Waals surface area (Å²) in [5.74, 6) is -0.154. The van der Waals surface area contributed by atoms with Crippen LogP contribution in [0.3, 0.4) is 0 Å². The molecule has 0 saturated heterocycles. The van der Waals surface area contributed by atoms with E-state index in [-0.39, 0.29) is 12.3 Å². The lowest BCUT2D eigenvalue weighted by Gasteiger charge is -2.04. The van der Waals surface area contributed by atoms with E-state index in [0.29, 0.717) is 15.2 Å². The van der Waals surface area contributed by atoms with Crippen molar-refractivity contribution in [3.8, 4) is 0 Å². The van der Waals surface area contributed by atoms with E-state index in [9.17, 15) is 4.79 Å². The second kappa shape index (κ2) is 6.02. The van der Waals surface area contributed by atoms with Crippen molar-refractivity contribution in [2.45, 2.75) is 6.42 Å². The quantitative estimate of drug-likeness (QED) is 0.747. The van der Waals surface area contributed by atoms with Gasteiger partial charge >= 0.3 is 0 Å². The van der Waals surface area contributed by atoms with Gasteiger partial charge in [-0.1, -0.05) is 52.7 Å². The molecule has 3 rings (SSSR count). The molecule has 106 valence electrons. The summed E-state index contributed by atoms with van der Waals surface area (Å²) in [7, 11) is 0. The fraction of sp³-hybridized carbons (Fsp3) is 0.0667. The number of hydrogen-bond donors (Lipinski definition) is 1. The van der Waals surface area contributed by atoms with Gasteiger partial charge in [0, 0.05) is 10.0 Å². The standard InChI is InChI=1S/C15H10Cl2N2OS/c16-10-6-5-9(11(17)8-10)7-14(20)19-15-18-12-3-1-2-4-13(12)21-15/h1-6,8H,7H2,(H,18,19,20). The molecule has 1 heterocycles. The number of fused-ring (bicyclic) bond motifs is 1. The smallest absolute Gasteiger partial charge is 0.230 e. The number of thiazole rings is 1. The zero-order chi connectivity index (χ0) is 14.8. The van der Waals surface area contributed by atoms with Crippen LogP contribution in [0.4, 0.5) is 5.13 Å². The van der Waals surface area contributed by atoms with Crippen LogP contribution in [-0.2, 0) is 11.2 Å². The topological polar surface area (TPSA) is 42.0 Å². The normalized spacial score (nSPS) is 10.8. The van der Waals surface area contributed by atoms with Gasteiger partial charge in [-0.3, -0.25) is 4.79 Å². The first-order valence-electron chi connectivity index (χ1n) is 6.21. The van der Waals surface area contributed by atoms with Crippen LogP contribution in [0, 0.1) is 0 Å². The number of carbonyl (C=O) groups excluding carboxylic acids is 1. The highest BCUT2D eigenvalue weighted by Gasteiger charge is 2.10. The molecule has 0 aliphatic rings. The maximum atomic E-state index is 12.1. The molecule has 0 atom stereocenters. The molecular formula is C15H10Cl2N2OS. The summed E-state index contributed by atoms with van der Waals surface area (Å²) >= 11 is 13.3. The Morgan fingerprint density at radius 1 is 1.19 bits per heavy atom. The fourth-order valence-corrected chi connectivity index (χ4v) is 3.28. The summed E-state index contributed by atoms with van der Waals surface area (Å²) in [6.07, 6.45) is 0.186. The molecule has 1 aromatic heterocycles. The van der Waals surface area contributed by atoms with Crippen molar-refractivity contribution in [1.82, 2.24) is 4.98 Å². The average molecular weight is 337 g/mol. The molecule has 3 nitrogen and oxygen atoms in total. The van der Waals surface area contributed by atoms with Gasteiger partial charge in [-0.05, 0) is 29.8 Å². The molecule has 0 aliphatic heterocycles. The van der Waals surface area contributed by atoms with E-state index in [2.05, 4.69) is 10.3 Å². The van der Waals surface area contributed by atoms with Crippen LogP contribution in [0.5, 0.6) is 0 Å². The minimum Gasteiger partial charge on any atom is -0.302 e. The minimum absolute atomic E-state index is 0.154. The van der Waals surface area contributed by atoms with Crippen LogP contribution in [0.25, 0.3) is 10.2 Å². The Bertz CT molecular complexity index is 783. The van der Waals surface area contributed by atoms with E-state index in [1.807, 2.05) is 24.3 Å². The predicted molar refractivity (Wildman–Crippen MR) is 88.4 cm³/mol. The van der Waals surface area contributed by atoms with Gasteiger partial charge in [0.15, 0.2) is 5.13 Å². The molecule has 0 spiro atoms. The van der Waals surface area contributed by atoms with E-state index in [4.69, 9.17) is 23.2 Å². The third-order valence-corrected chi connectivity index (χ3v) is 4.45. The van der Waals surface area contributed by atoms with Gasteiger partial charge in [0.2, 0.25) is 5.91 Å². The van der Waals surface area contributed by atoms with Crippen LogP contribution >= 0.6 is 34.5 Å². The second-order valence-electron chi connectivity index (χ2n) is 4.45. The van der Waals surface area contributed by atoms with E-state index in [1.165, 1.54) is 11.3 Å². The van der Waals surface area contributed by atoms with Crippen LogP contribution < -0.4 is 5.32 Å². The summed E-state index contributed by atoms with van der Waals surface area (Å²) in [5, 5.41) is 4.43. The Kier molecular flexibility index (Phi) is 4.10. The number of rotatable bonds is 3. The Morgan fingerprint density at radius 2 is 2.00 bits per heavy atom. The number of nitrogens with one attached hydrogen (secondary N) is 1. The van der Waals surface area contributed by atoms with Crippen molar-refractivity contribution in [2.24, 2.45) is 0 Å². The summed E-state index contributed by atoms with van der Waals surface area (Å²) in [6, 6.07) is 12.8. The largest absolute Gasteiger partial charge is 0.302 e. The van der Waals surface area contributed by atoms with Crippen LogP contribution in [-0.4, -0.2) is 10.9 Å². The third kappa shape index (κ3) is 3.35. The first-order valence-corrected chi connectivity index (χ1v) is 7.78. The van der Waals surface area contributed by atoms with Crippen LogP contribution in [0.15, 0.2) is 42.5 Å². The third-order valence-electron chi connectivity index (χ3n) is 2.91. The Balaban J connectivity index is 1.74. The molecular weight excluding hydrogens is 327 g/mol.